The molecule has 1 aromatic rings. The molecule has 7 heteroatoms. The number of methoxy groups -OCH3 is 1. The maximum Gasteiger partial charge on any atom is 0.339 e. The van der Waals surface area contributed by atoms with Gasteiger partial charge in [0.2, 0.25) is 0 Å². The minimum absolute atomic E-state index is 0.229. The van der Waals surface area contributed by atoms with Crippen LogP contribution in [0.15, 0.2) is 17.2 Å². The summed E-state index contributed by atoms with van der Waals surface area (Å²) >= 11 is 7.82. The Balaban J connectivity index is 3.33. The first kappa shape index (κ1) is 12.1. The summed E-state index contributed by atoms with van der Waals surface area (Å²) in [7, 11) is 1.27. The molecule has 0 saturated heterocycles. The van der Waals surface area contributed by atoms with Crippen molar-refractivity contribution >= 4 is 45.8 Å². The van der Waals surface area contributed by atoms with Crippen molar-refractivity contribution in [2.45, 2.75) is 0 Å². The lowest BCUT2D eigenvalue weighted by atomic mass is 10.2. The standard InChI is InChI=1S/C8H5ClIN3O2/c1-15-8(14)4-2-3-5(12-13-11)7(10)6(4)9/h2-3H,1H3. The fraction of sp³-hybridized carbons (Fsp3) is 0.125. The Bertz CT molecular complexity index is 457. The lowest BCUT2D eigenvalue weighted by molar-refractivity contribution is 0.0601. The van der Waals surface area contributed by atoms with Crippen LogP contribution in [0.25, 0.3) is 10.4 Å². The van der Waals surface area contributed by atoms with Crippen molar-refractivity contribution < 1.29 is 9.53 Å². The number of hydrogen-bond donors (Lipinski definition) is 0. The van der Waals surface area contributed by atoms with E-state index >= 15 is 0 Å². The topological polar surface area (TPSA) is 75.1 Å². The molecule has 0 bridgehead atoms. The molecule has 0 amide bonds. The number of carbonyl (C=O) groups is 1. The second-order valence-corrected chi connectivity index (χ2v) is 3.90. The van der Waals surface area contributed by atoms with Crippen LogP contribution in [0, 0.1) is 3.57 Å². The fourth-order valence-electron chi connectivity index (χ4n) is 0.932. The summed E-state index contributed by atoms with van der Waals surface area (Å²) < 4.78 is 5.06. The van der Waals surface area contributed by atoms with Gasteiger partial charge in [-0.1, -0.05) is 22.8 Å². The van der Waals surface area contributed by atoms with Gasteiger partial charge in [0.25, 0.3) is 0 Å². The minimum Gasteiger partial charge on any atom is -0.465 e. The maximum absolute atomic E-state index is 11.2. The van der Waals surface area contributed by atoms with Crippen molar-refractivity contribution in [2.75, 3.05) is 7.11 Å². The number of halogens is 2. The second kappa shape index (κ2) is 5.20. The van der Waals surface area contributed by atoms with Crippen LogP contribution in [0.5, 0.6) is 0 Å². The molecule has 0 fully saturated rings. The van der Waals surface area contributed by atoms with Crippen LogP contribution in [0.3, 0.4) is 0 Å². The second-order valence-electron chi connectivity index (χ2n) is 2.44. The molecule has 0 aliphatic heterocycles. The number of esters is 1. The summed E-state index contributed by atoms with van der Waals surface area (Å²) in [6.45, 7) is 0. The monoisotopic (exact) mass is 337 g/mol. The number of hydrogen-bond acceptors (Lipinski definition) is 3. The summed E-state index contributed by atoms with van der Waals surface area (Å²) in [5.74, 6) is -0.523. The number of rotatable bonds is 2. The first-order chi connectivity index (χ1) is 7.11. The first-order valence-electron chi connectivity index (χ1n) is 3.73. The highest BCUT2D eigenvalue weighted by molar-refractivity contribution is 14.1. The maximum atomic E-state index is 11.2. The van der Waals surface area contributed by atoms with Crippen molar-refractivity contribution in [3.05, 3.63) is 36.7 Å². The van der Waals surface area contributed by atoms with Gasteiger partial charge in [-0.25, -0.2) is 4.79 Å². The van der Waals surface area contributed by atoms with Crippen LogP contribution in [0.1, 0.15) is 10.4 Å². The smallest absolute Gasteiger partial charge is 0.339 e. The van der Waals surface area contributed by atoms with Crippen molar-refractivity contribution in [3.8, 4) is 0 Å². The largest absolute Gasteiger partial charge is 0.465 e. The molecule has 78 valence electrons. The Morgan fingerprint density at radius 3 is 2.87 bits per heavy atom. The Morgan fingerprint density at radius 2 is 2.33 bits per heavy atom. The highest BCUT2D eigenvalue weighted by Gasteiger charge is 2.14. The zero-order chi connectivity index (χ0) is 11.4. The van der Waals surface area contributed by atoms with Crippen LogP contribution in [-0.2, 0) is 4.74 Å². The fourth-order valence-corrected chi connectivity index (χ4v) is 1.75. The van der Waals surface area contributed by atoms with Gasteiger partial charge in [0.1, 0.15) is 0 Å². The van der Waals surface area contributed by atoms with Crippen LogP contribution in [0.2, 0.25) is 5.02 Å². The number of ether oxygens (including phenoxy) is 1. The molecular weight excluding hydrogens is 332 g/mol. The highest BCUT2D eigenvalue weighted by atomic mass is 127. The lowest BCUT2D eigenvalue weighted by Crippen LogP contribution is -2.02. The van der Waals surface area contributed by atoms with Gasteiger partial charge in [0.05, 0.1) is 23.4 Å². The predicted molar refractivity (Wildman–Crippen MR) is 64.3 cm³/mol. The number of benzene rings is 1. The van der Waals surface area contributed by atoms with E-state index in [-0.39, 0.29) is 10.6 Å². The first-order valence-corrected chi connectivity index (χ1v) is 5.19. The van der Waals surface area contributed by atoms with Crippen LogP contribution in [-0.4, -0.2) is 13.1 Å². The van der Waals surface area contributed by atoms with Crippen molar-refractivity contribution in [3.63, 3.8) is 0 Å². The Morgan fingerprint density at radius 1 is 1.67 bits per heavy atom. The third kappa shape index (κ3) is 2.53. The van der Waals surface area contributed by atoms with E-state index in [1.54, 1.807) is 0 Å². The molecule has 0 atom stereocenters. The quantitative estimate of drug-likeness (QED) is 0.271. The molecule has 0 aliphatic rings. The molecule has 0 spiro atoms. The van der Waals surface area contributed by atoms with Crippen molar-refractivity contribution in [2.24, 2.45) is 5.11 Å². The van der Waals surface area contributed by atoms with E-state index in [0.717, 1.165) is 0 Å². The van der Waals surface area contributed by atoms with E-state index in [4.69, 9.17) is 17.1 Å². The molecule has 0 N–H and O–H groups in total. The molecule has 0 saturated carbocycles. The van der Waals surface area contributed by atoms with Gasteiger partial charge in [0.15, 0.2) is 0 Å². The van der Waals surface area contributed by atoms with E-state index < -0.39 is 5.97 Å². The van der Waals surface area contributed by atoms with Gasteiger partial charge in [-0.15, -0.1) is 0 Å². The number of azide groups is 1. The summed E-state index contributed by atoms with van der Waals surface area (Å²) in [6.07, 6.45) is 0. The van der Waals surface area contributed by atoms with Gasteiger partial charge in [-0.3, -0.25) is 0 Å². The molecule has 15 heavy (non-hydrogen) atoms. The molecule has 1 rings (SSSR count). The summed E-state index contributed by atoms with van der Waals surface area (Å²) in [5, 5.41) is 3.66. The van der Waals surface area contributed by atoms with Crippen molar-refractivity contribution in [1.82, 2.24) is 0 Å². The summed E-state index contributed by atoms with van der Waals surface area (Å²) in [4.78, 5) is 13.9. The van der Waals surface area contributed by atoms with Crippen LogP contribution in [0.4, 0.5) is 5.69 Å². The molecule has 0 heterocycles. The molecule has 0 aromatic heterocycles. The van der Waals surface area contributed by atoms with Gasteiger partial charge in [-0.05, 0) is 34.2 Å². The molecule has 0 radical (unpaired) electrons. The zero-order valence-electron chi connectivity index (χ0n) is 7.57. The molecule has 0 aliphatic carbocycles. The zero-order valence-corrected chi connectivity index (χ0v) is 10.5. The van der Waals surface area contributed by atoms with Crippen LogP contribution < -0.4 is 0 Å². The number of nitrogens with zero attached hydrogens (tertiary/aromatic N) is 3. The average Bonchev–Trinajstić information content (AvgIpc) is 2.24. The van der Waals surface area contributed by atoms with Gasteiger partial charge < -0.3 is 4.74 Å². The van der Waals surface area contributed by atoms with Crippen molar-refractivity contribution in [1.29, 1.82) is 0 Å². The van der Waals surface area contributed by atoms with Gasteiger partial charge in [-0.2, -0.15) is 0 Å². The third-order valence-electron chi connectivity index (χ3n) is 1.62. The summed E-state index contributed by atoms with van der Waals surface area (Å²) in [5.41, 5.74) is 8.92. The Kier molecular flexibility index (Phi) is 4.19. The molecule has 5 nitrogen and oxygen atoms in total. The minimum atomic E-state index is -0.523. The number of carbonyl (C=O) groups excluding carboxylic acids is 1. The average molecular weight is 338 g/mol. The molecule has 0 unspecified atom stereocenters. The normalized spacial score (nSPS) is 9.27. The van der Waals surface area contributed by atoms with E-state index in [1.807, 2.05) is 22.6 Å². The van der Waals surface area contributed by atoms with E-state index in [9.17, 15) is 4.79 Å². The van der Waals surface area contributed by atoms with Crippen LogP contribution >= 0.6 is 34.2 Å². The molecular formula is C8H5ClIN3O2. The van der Waals surface area contributed by atoms with E-state index in [1.165, 1.54) is 19.2 Å². The van der Waals surface area contributed by atoms with Gasteiger partial charge in [0, 0.05) is 8.48 Å². The van der Waals surface area contributed by atoms with Gasteiger partial charge >= 0.3 is 5.97 Å². The Hall–Kier alpha value is -0.980. The third-order valence-corrected chi connectivity index (χ3v) is 3.42. The lowest BCUT2D eigenvalue weighted by Gasteiger charge is -2.05. The SMILES string of the molecule is COC(=O)c1ccc(N=[N+]=[N-])c(I)c1Cl. The van der Waals surface area contributed by atoms with E-state index in [2.05, 4.69) is 14.8 Å². The predicted octanol–water partition coefficient (Wildman–Crippen LogP) is 3.67. The Labute approximate surface area is 104 Å². The molecule has 1 aromatic carbocycles. The summed E-state index contributed by atoms with van der Waals surface area (Å²) in [6, 6.07) is 2.97. The highest BCUT2D eigenvalue weighted by Crippen LogP contribution is 2.31. The van der Waals surface area contributed by atoms with E-state index in [0.29, 0.717) is 9.26 Å².